The number of H-pyrrole nitrogens is 1. The molecule has 0 saturated heterocycles. The number of rotatable bonds is 3. The molecule has 22 heavy (non-hydrogen) atoms. The second-order valence-electron chi connectivity index (χ2n) is 5.71. The van der Waals surface area contributed by atoms with Crippen molar-refractivity contribution in [2.24, 2.45) is 0 Å². The second-order valence-corrected chi connectivity index (χ2v) is 5.71. The molecule has 0 bridgehead atoms. The van der Waals surface area contributed by atoms with Crippen LogP contribution in [0.15, 0.2) is 23.1 Å². The number of anilines is 1. The van der Waals surface area contributed by atoms with Gasteiger partial charge < -0.3 is 10.6 Å². The molecule has 2 aromatic heterocycles. The summed E-state index contributed by atoms with van der Waals surface area (Å²) in [6.45, 7) is 1.54. The SMILES string of the molecule is CC(=O)N[C@@H]1CCCC(Nc2n[nH]c(=O)c3cccnc23)C1. The minimum absolute atomic E-state index is 0.0000624. The fraction of sp³-hybridized carbons (Fsp3) is 0.467. The Morgan fingerprint density at radius 2 is 2.18 bits per heavy atom. The summed E-state index contributed by atoms with van der Waals surface area (Å²) in [6, 6.07) is 3.85. The first-order valence-corrected chi connectivity index (χ1v) is 7.50. The van der Waals surface area contributed by atoms with E-state index in [4.69, 9.17) is 0 Å². The number of amides is 1. The van der Waals surface area contributed by atoms with E-state index in [0.29, 0.717) is 16.7 Å². The van der Waals surface area contributed by atoms with E-state index in [1.54, 1.807) is 18.3 Å². The Morgan fingerprint density at radius 3 is 3.00 bits per heavy atom. The molecule has 7 heteroatoms. The number of hydrogen-bond donors (Lipinski definition) is 3. The summed E-state index contributed by atoms with van der Waals surface area (Å²) < 4.78 is 0. The zero-order valence-electron chi connectivity index (χ0n) is 12.4. The third-order valence-electron chi connectivity index (χ3n) is 3.97. The highest BCUT2D eigenvalue weighted by Gasteiger charge is 2.23. The highest BCUT2D eigenvalue weighted by atomic mass is 16.1. The van der Waals surface area contributed by atoms with Crippen LogP contribution in [0.3, 0.4) is 0 Å². The number of aromatic amines is 1. The van der Waals surface area contributed by atoms with Gasteiger partial charge in [-0.2, -0.15) is 5.10 Å². The third-order valence-corrected chi connectivity index (χ3v) is 3.97. The quantitative estimate of drug-likeness (QED) is 0.790. The van der Waals surface area contributed by atoms with Crippen molar-refractivity contribution in [2.75, 3.05) is 5.32 Å². The molecule has 0 radical (unpaired) electrons. The Balaban J connectivity index is 1.80. The van der Waals surface area contributed by atoms with Crippen molar-refractivity contribution in [1.82, 2.24) is 20.5 Å². The maximum Gasteiger partial charge on any atom is 0.273 e. The molecule has 1 fully saturated rings. The zero-order chi connectivity index (χ0) is 15.5. The predicted molar refractivity (Wildman–Crippen MR) is 83.6 cm³/mol. The van der Waals surface area contributed by atoms with Crippen molar-refractivity contribution >= 4 is 22.6 Å². The van der Waals surface area contributed by atoms with E-state index in [1.165, 1.54) is 6.92 Å². The van der Waals surface area contributed by atoms with Crippen LogP contribution in [-0.2, 0) is 4.79 Å². The van der Waals surface area contributed by atoms with Crippen LogP contribution in [0.25, 0.3) is 10.9 Å². The normalized spacial score (nSPS) is 21.5. The molecule has 0 spiro atoms. The largest absolute Gasteiger partial charge is 0.364 e. The Labute approximate surface area is 127 Å². The van der Waals surface area contributed by atoms with Crippen LogP contribution < -0.4 is 16.2 Å². The van der Waals surface area contributed by atoms with Gasteiger partial charge in [0.15, 0.2) is 5.82 Å². The third kappa shape index (κ3) is 3.08. The van der Waals surface area contributed by atoms with Gasteiger partial charge in [0.2, 0.25) is 5.91 Å². The van der Waals surface area contributed by atoms with Crippen molar-refractivity contribution in [1.29, 1.82) is 0 Å². The number of fused-ring (bicyclic) bond motifs is 1. The molecule has 116 valence electrons. The number of nitrogens with zero attached hydrogens (tertiary/aromatic N) is 2. The topological polar surface area (TPSA) is 99.8 Å². The molecule has 1 unspecified atom stereocenters. The van der Waals surface area contributed by atoms with E-state index in [9.17, 15) is 9.59 Å². The number of hydrogen-bond acceptors (Lipinski definition) is 5. The highest BCUT2D eigenvalue weighted by molar-refractivity contribution is 5.86. The Morgan fingerprint density at radius 1 is 1.36 bits per heavy atom. The number of carbonyl (C=O) groups is 1. The average Bonchev–Trinajstić information content (AvgIpc) is 2.50. The van der Waals surface area contributed by atoms with Gasteiger partial charge in [-0.3, -0.25) is 14.6 Å². The van der Waals surface area contributed by atoms with Gasteiger partial charge in [-0.25, -0.2) is 5.10 Å². The average molecular weight is 301 g/mol. The molecular formula is C15H19N5O2. The van der Waals surface area contributed by atoms with Gasteiger partial charge in [0, 0.05) is 25.2 Å². The zero-order valence-corrected chi connectivity index (χ0v) is 12.4. The van der Waals surface area contributed by atoms with Crippen LogP contribution in [-0.4, -0.2) is 33.2 Å². The lowest BCUT2D eigenvalue weighted by atomic mass is 9.91. The van der Waals surface area contributed by atoms with Crippen molar-refractivity contribution in [3.8, 4) is 0 Å². The molecule has 2 aromatic rings. The van der Waals surface area contributed by atoms with Crippen molar-refractivity contribution < 1.29 is 4.79 Å². The molecule has 1 amide bonds. The highest BCUT2D eigenvalue weighted by Crippen LogP contribution is 2.23. The maximum atomic E-state index is 11.8. The predicted octanol–water partition coefficient (Wildman–Crippen LogP) is 1.18. The van der Waals surface area contributed by atoms with Crippen LogP contribution in [0.5, 0.6) is 0 Å². The summed E-state index contributed by atoms with van der Waals surface area (Å²) in [5.74, 6) is 0.587. The monoisotopic (exact) mass is 301 g/mol. The summed E-state index contributed by atoms with van der Waals surface area (Å²) >= 11 is 0. The summed E-state index contributed by atoms with van der Waals surface area (Å²) in [4.78, 5) is 27.2. The molecule has 3 N–H and O–H groups in total. The fourth-order valence-electron chi connectivity index (χ4n) is 3.03. The molecule has 2 heterocycles. The molecular weight excluding hydrogens is 282 g/mol. The van der Waals surface area contributed by atoms with Crippen LogP contribution in [0.2, 0.25) is 0 Å². The van der Waals surface area contributed by atoms with Crippen LogP contribution in [0.1, 0.15) is 32.6 Å². The Hall–Kier alpha value is -2.44. The smallest absolute Gasteiger partial charge is 0.273 e. The van der Waals surface area contributed by atoms with Gasteiger partial charge in [0.25, 0.3) is 5.56 Å². The summed E-state index contributed by atoms with van der Waals surface area (Å²) in [7, 11) is 0. The van der Waals surface area contributed by atoms with Gasteiger partial charge >= 0.3 is 0 Å². The molecule has 3 rings (SSSR count). The Bertz CT molecular complexity index is 742. The van der Waals surface area contributed by atoms with Gasteiger partial charge in [-0.1, -0.05) is 0 Å². The minimum Gasteiger partial charge on any atom is -0.364 e. The van der Waals surface area contributed by atoms with E-state index >= 15 is 0 Å². The second kappa shape index (κ2) is 6.13. The van der Waals surface area contributed by atoms with E-state index < -0.39 is 0 Å². The fourth-order valence-corrected chi connectivity index (χ4v) is 3.03. The maximum absolute atomic E-state index is 11.8. The van der Waals surface area contributed by atoms with E-state index in [0.717, 1.165) is 25.7 Å². The number of nitrogens with one attached hydrogen (secondary N) is 3. The molecule has 0 aliphatic heterocycles. The molecule has 2 atom stereocenters. The van der Waals surface area contributed by atoms with E-state index in [1.807, 2.05) is 0 Å². The first kappa shape index (κ1) is 14.5. The number of pyridine rings is 1. The number of aromatic nitrogens is 3. The van der Waals surface area contributed by atoms with Crippen LogP contribution >= 0.6 is 0 Å². The first-order chi connectivity index (χ1) is 10.6. The van der Waals surface area contributed by atoms with Crippen LogP contribution in [0.4, 0.5) is 5.82 Å². The van der Waals surface area contributed by atoms with E-state index in [2.05, 4.69) is 25.8 Å². The van der Waals surface area contributed by atoms with Crippen molar-refractivity contribution in [3.05, 3.63) is 28.7 Å². The van der Waals surface area contributed by atoms with Gasteiger partial charge in [-0.15, -0.1) is 0 Å². The lowest BCUT2D eigenvalue weighted by Gasteiger charge is -2.30. The molecule has 1 aliphatic rings. The minimum atomic E-state index is -0.242. The first-order valence-electron chi connectivity index (χ1n) is 7.50. The lowest BCUT2D eigenvalue weighted by Crippen LogP contribution is -2.41. The Kier molecular flexibility index (Phi) is 4.04. The molecule has 7 nitrogen and oxygen atoms in total. The number of carbonyl (C=O) groups excluding carboxylic acids is 1. The summed E-state index contributed by atoms with van der Waals surface area (Å²) in [6.07, 6.45) is 5.53. The molecule has 0 aromatic carbocycles. The summed E-state index contributed by atoms with van der Waals surface area (Å²) in [5.41, 5.74) is 0.335. The summed E-state index contributed by atoms with van der Waals surface area (Å²) in [5, 5.41) is 13.4. The van der Waals surface area contributed by atoms with Crippen LogP contribution in [0, 0.1) is 0 Å². The standard InChI is InChI=1S/C15H19N5O2/c1-9(21)17-10-4-2-5-11(8-10)18-14-13-12(6-3-7-16-13)15(22)20-19-14/h3,6-7,10-11H,2,4-5,8H2,1H3,(H,17,21)(H,18,19)(H,20,22)/t10-,11?/m1/s1. The van der Waals surface area contributed by atoms with Gasteiger partial charge in [0.05, 0.1) is 5.39 Å². The van der Waals surface area contributed by atoms with Gasteiger partial charge in [-0.05, 0) is 37.8 Å². The molecule has 1 saturated carbocycles. The van der Waals surface area contributed by atoms with Gasteiger partial charge in [0.1, 0.15) is 5.52 Å². The lowest BCUT2D eigenvalue weighted by molar-refractivity contribution is -0.119. The van der Waals surface area contributed by atoms with E-state index in [-0.39, 0.29) is 23.6 Å². The van der Waals surface area contributed by atoms with Crippen molar-refractivity contribution in [3.63, 3.8) is 0 Å². The molecule has 1 aliphatic carbocycles. The van der Waals surface area contributed by atoms with Crippen molar-refractivity contribution in [2.45, 2.75) is 44.7 Å².